The van der Waals surface area contributed by atoms with E-state index in [1.165, 1.54) is 0 Å². The Morgan fingerprint density at radius 3 is 2.48 bits per heavy atom. The average Bonchev–Trinajstić information content (AvgIpc) is 3.28. The molecule has 5 heteroatoms. The SMILES string of the molecule is Cc1nc2ccccc2c(-c2ccccc2)c1CC(=O)OC(C)C(=O)NC1CCCC1. The fourth-order valence-electron chi connectivity index (χ4n) is 4.35. The maximum atomic E-state index is 12.8. The summed E-state index contributed by atoms with van der Waals surface area (Å²) < 4.78 is 5.51. The van der Waals surface area contributed by atoms with Crippen molar-refractivity contribution in [3.63, 3.8) is 0 Å². The van der Waals surface area contributed by atoms with Crippen molar-refractivity contribution in [2.45, 2.75) is 58.1 Å². The van der Waals surface area contributed by atoms with Crippen LogP contribution in [0.25, 0.3) is 22.0 Å². The Hall–Kier alpha value is -3.21. The van der Waals surface area contributed by atoms with Crippen molar-refractivity contribution in [3.05, 3.63) is 65.9 Å². The van der Waals surface area contributed by atoms with E-state index in [0.717, 1.165) is 59.0 Å². The van der Waals surface area contributed by atoms with Gasteiger partial charge in [0.25, 0.3) is 5.91 Å². The standard InChI is InChI=1S/C26H28N2O3/c1-17-22(16-24(29)31-18(2)26(30)28-20-12-6-7-13-20)25(19-10-4-3-5-11-19)21-14-8-9-15-23(21)27-17/h3-5,8-11,14-15,18,20H,6-7,12-13,16H2,1-2H3,(H,28,30). The number of pyridine rings is 1. The number of aryl methyl sites for hydroxylation is 1. The van der Waals surface area contributed by atoms with Gasteiger partial charge in [0.2, 0.25) is 0 Å². The van der Waals surface area contributed by atoms with Crippen LogP contribution in [-0.4, -0.2) is 29.0 Å². The summed E-state index contributed by atoms with van der Waals surface area (Å²) in [5.41, 5.74) is 4.53. The van der Waals surface area contributed by atoms with Crippen LogP contribution in [0.3, 0.4) is 0 Å². The van der Waals surface area contributed by atoms with Gasteiger partial charge in [-0.1, -0.05) is 61.4 Å². The van der Waals surface area contributed by atoms with Crippen LogP contribution < -0.4 is 5.32 Å². The molecule has 0 radical (unpaired) electrons. The number of para-hydroxylation sites is 1. The molecule has 1 unspecified atom stereocenters. The van der Waals surface area contributed by atoms with E-state index in [-0.39, 0.29) is 18.4 Å². The van der Waals surface area contributed by atoms with Gasteiger partial charge in [0.15, 0.2) is 6.10 Å². The number of esters is 1. The highest BCUT2D eigenvalue weighted by Gasteiger charge is 2.24. The van der Waals surface area contributed by atoms with Crippen LogP contribution in [0.15, 0.2) is 54.6 Å². The van der Waals surface area contributed by atoms with E-state index in [1.54, 1.807) is 6.92 Å². The normalized spacial score (nSPS) is 15.0. The molecule has 1 saturated carbocycles. The molecule has 0 aliphatic heterocycles. The topological polar surface area (TPSA) is 68.3 Å². The number of hydrogen-bond acceptors (Lipinski definition) is 4. The molecule has 1 N–H and O–H groups in total. The van der Waals surface area contributed by atoms with Crippen molar-refractivity contribution >= 4 is 22.8 Å². The third kappa shape index (κ3) is 4.76. The van der Waals surface area contributed by atoms with Gasteiger partial charge in [0.1, 0.15) is 0 Å². The van der Waals surface area contributed by atoms with Crippen molar-refractivity contribution in [2.75, 3.05) is 0 Å². The van der Waals surface area contributed by atoms with Crippen LogP contribution in [0.4, 0.5) is 0 Å². The minimum absolute atomic E-state index is 0.0644. The Morgan fingerprint density at radius 2 is 1.74 bits per heavy atom. The summed E-state index contributed by atoms with van der Waals surface area (Å²) in [6, 6.07) is 18.1. The summed E-state index contributed by atoms with van der Waals surface area (Å²) in [6.45, 7) is 3.55. The number of hydrogen-bond donors (Lipinski definition) is 1. The Morgan fingerprint density at radius 1 is 1.06 bits per heavy atom. The van der Waals surface area contributed by atoms with Crippen LogP contribution in [0.5, 0.6) is 0 Å². The Labute approximate surface area is 182 Å². The van der Waals surface area contributed by atoms with Gasteiger partial charge in [-0.15, -0.1) is 0 Å². The molecule has 5 nitrogen and oxygen atoms in total. The molecule has 1 aliphatic carbocycles. The predicted octanol–water partition coefficient (Wildman–Crippen LogP) is 4.74. The monoisotopic (exact) mass is 416 g/mol. The Balaban J connectivity index is 1.58. The molecule has 1 aliphatic rings. The zero-order chi connectivity index (χ0) is 21.8. The number of fused-ring (bicyclic) bond motifs is 1. The van der Waals surface area contributed by atoms with Gasteiger partial charge < -0.3 is 10.1 Å². The van der Waals surface area contributed by atoms with Crippen LogP contribution in [0, 0.1) is 6.92 Å². The lowest BCUT2D eigenvalue weighted by atomic mass is 9.93. The molecule has 1 aromatic heterocycles. The van der Waals surface area contributed by atoms with Crippen LogP contribution >= 0.6 is 0 Å². The summed E-state index contributed by atoms with van der Waals surface area (Å²) in [4.78, 5) is 29.9. The fourth-order valence-corrected chi connectivity index (χ4v) is 4.35. The van der Waals surface area contributed by atoms with Crippen LogP contribution in [-0.2, 0) is 20.7 Å². The van der Waals surface area contributed by atoms with E-state index < -0.39 is 12.1 Å². The first kappa shape index (κ1) is 21.0. The largest absolute Gasteiger partial charge is 0.452 e. The minimum atomic E-state index is -0.818. The van der Waals surface area contributed by atoms with E-state index in [4.69, 9.17) is 9.72 Å². The van der Waals surface area contributed by atoms with Crippen molar-refractivity contribution in [3.8, 4) is 11.1 Å². The molecule has 2 aromatic carbocycles. The maximum absolute atomic E-state index is 12.8. The first-order chi connectivity index (χ1) is 15.0. The highest BCUT2D eigenvalue weighted by molar-refractivity contribution is 5.98. The van der Waals surface area contributed by atoms with Gasteiger partial charge >= 0.3 is 5.97 Å². The van der Waals surface area contributed by atoms with Gasteiger partial charge in [0.05, 0.1) is 11.9 Å². The predicted molar refractivity (Wildman–Crippen MR) is 122 cm³/mol. The molecular weight excluding hydrogens is 388 g/mol. The summed E-state index contributed by atoms with van der Waals surface area (Å²) in [5, 5.41) is 3.99. The first-order valence-electron chi connectivity index (χ1n) is 11.0. The lowest BCUT2D eigenvalue weighted by molar-refractivity contribution is -0.154. The fraction of sp³-hybridized carbons (Fsp3) is 0.346. The molecule has 31 heavy (non-hydrogen) atoms. The van der Waals surface area contributed by atoms with E-state index in [0.29, 0.717) is 0 Å². The second-order valence-corrected chi connectivity index (χ2v) is 8.23. The smallest absolute Gasteiger partial charge is 0.311 e. The number of rotatable bonds is 6. The van der Waals surface area contributed by atoms with Crippen LogP contribution in [0.1, 0.15) is 43.9 Å². The third-order valence-corrected chi connectivity index (χ3v) is 5.96. The third-order valence-electron chi connectivity index (χ3n) is 5.96. The number of nitrogens with zero attached hydrogens (tertiary/aromatic N) is 1. The van der Waals surface area contributed by atoms with Gasteiger partial charge in [-0.2, -0.15) is 0 Å². The Bertz CT molecular complexity index is 1090. The highest BCUT2D eigenvalue weighted by atomic mass is 16.5. The van der Waals surface area contributed by atoms with Crippen molar-refractivity contribution < 1.29 is 14.3 Å². The summed E-state index contributed by atoms with van der Waals surface area (Å²) in [6.07, 6.45) is 3.51. The summed E-state index contributed by atoms with van der Waals surface area (Å²) >= 11 is 0. The van der Waals surface area contributed by atoms with E-state index >= 15 is 0 Å². The molecule has 4 rings (SSSR count). The van der Waals surface area contributed by atoms with Crippen molar-refractivity contribution in [2.24, 2.45) is 0 Å². The second-order valence-electron chi connectivity index (χ2n) is 8.23. The van der Waals surface area contributed by atoms with Crippen molar-refractivity contribution in [1.82, 2.24) is 10.3 Å². The number of carbonyl (C=O) groups excluding carboxylic acids is 2. The lowest BCUT2D eigenvalue weighted by Gasteiger charge is -2.19. The summed E-state index contributed by atoms with van der Waals surface area (Å²) in [5.74, 6) is -0.650. The van der Waals surface area contributed by atoms with Gasteiger partial charge in [-0.05, 0) is 49.4 Å². The average molecular weight is 417 g/mol. The number of ether oxygens (including phenoxy) is 1. The second kappa shape index (κ2) is 9.29. The quantitative estimate of drug-likeness (QED) is 0.589. The molecule has 1 fully saturated rings. The molecule has 0 saturated heterocycles. The van der Waals surface area contributed by atoms with E-state index in [2.05, 4.69) is 5.32 Å². The molecule has 0 spiro atoms. The molecule has 1 heterocycles. The Kier molecular flexibility index (Phi) is 6.31. The molecular formula is C26H28N2O3. The van der Waals surface area contributed by atoms with Gasteiger partial charge in [0, 0.05) is 17.1 Å². The highest BCUT2D eigenvalue weighted by Crippen LogP contribution is 2.33. The molecule has 160 valence electrons. The summed E-state index contributed by atoms with van der Waals surface area (Å²) in [7, 11) is 0. The number of carbonyl (C=O) groups is 2. The minimum Gasteiger partial charge on any atom is -0.452 e. The van der Waals surface area contributed by atoms with Gasteiger partial charge in [-0.25, -0.2) is 0 Å². The molecule has 1 amide bonds. The number of nitrogens with one attached hydrogen (secondary N) is 1. The number of benzene rings is 2. The van der Waals surface area contributed by atoms with Crippen molar-refractivity contribution in [1.29, 1.82) is 0 Å². The molecule has 1 atom stereocenters. The van der Waals surface area contributed by atoms with E-state index in [1.807, 2.05) is 61.5 Å². The number of amides is 1. The molecule has 3 aromatic rings. The van der Waals surface area contributed by atoms with Gasteiger partial charge in [-0.3, -0.25) is 14.6 Å². The first-order valence-corrected chi connectivity index (χ1v) is 11.0. The van der Waals surface area contributed by atoms with E-state index in [9.17, 15) is 9.59 Å². The molecule has 0 bridgehead atoms. The number of aromatic nitrogens is 1. The lowest BCUT2D eigenvalue weighted by Crippen LogP contribution is -2.41. The zero-order valence-electron chi connectivity index (χ0n) is 18.1. The van der Waals surface area contributed by atoms with Crippen LogP contribution in [0.2, 0.25) is 0 Å². The maximum Gasteiger partial charge on any atom is 0.311 e. The zero-order valence-corrected chi connectivity index (χ0v) is 18.1.